The Morgan fingerprint density at radius 1 is 1.18 bits per heavy atom. The summed E-state index contributed by atoms with van der Waals surface area (Å²) in [6, 6.07) is 2.66. The molecule has 0 spiro atoms. The molecule has 0 aromatic heterocycles. The van der Waals surface area contributed by atoms with Gasteiger partial charge in [-0.15, -0.1) is 12.4 Å². The average molecular weight is 379 g/mol. The first-order valence-corrected chi connectivity index (χ1v) is 8.12. The minimum Gasteiger partial charge on any atom is -0.315 e. The number of hydrogen-bond donors (Lipinski definition) is 1. The van der Waals surface area contributed by atoms with Gasteiger partial charge in [0.05, 0.1) is 15.5 Å². The van der Waals surface area contributed by atoms with E-state index >= 15 is 0 Å². The van der Waals surface area contributed by atoms with Gasteiger partial charge >= 0.3 is 6.18 Å². The zero-order chi connectivity index (χ0) is 15.7. The highest BCUT2D eigenvalue weighted by Gasteiger charge is 2.35. The summed E-state index contributed by atoms with van der Waals surface area (Å²) in [6.07, 6.45) is -4.08. The maximum Gasteiger partial charge on any atom is 0.417 e. The Morgan fingerprint density at radius 3 is 2.50 bits per heavy atom. The first-order chi connectivity index (χ1) is 9.73. The fourth-order valence-corrected chi connectivity index (χ4v) is 3.82. The number of sulfonamides is 1. The molecule has 2 rings (SSSR count). The van der Waals surface area contributed by atoms with Crippen LogP contribution in [-0.2, 0) is 16.2 Å². The highest BCUT2D eigenvalue weighted by molar-refractivity contribution is 7.89. The normalized spacial score (nSPS) is 17.6. The predicted molar refractivity (Wildman–Crippen MR) is 79.9 cm³/mol. The van der Waals surface area contributed by atoms with Crippen LogP contribution in [0.25, 0.3) is 0 Å². The fraction of sp³-hybridized carbons (Fsp3) is 0.500. The van der Waals surface area contributed by atoms with E-state index in [1.165, 1.54) is 4.31 Å². The quantitative estimate of drug-likeness (QED) is 0.860. The molecule has 1 aliphatic heterocycles. The lowest BCUT2D eigenvalue weighted by Crippen LogP contribution is -2.34. The molecule has 1 fully saturated rings. The van der Waals surface area contributed by atoms with Crippen molar-refractivity contribution in [2.75, 3.05) is 26.2 Å². The van der Waals surface area contributed by atoms with Gasteiger partial charge in [-0.25, -0.2) is 8.42 Å². The van der Waals surface area contributed by atoms with Crippen molar-refractivity contribution in [2.45, 2.75) is 17.5 Å². The van der Waals surface area contributed by atoms with Gasteiger partial charge in [-0.3, -0.25) is 0 Å². The van der Waals surface area contributed by atoms with E-state index in [9.17, 15) is 21.6 Å². The summed E-state index contributed by atoms with van der Waals surface area (Å²) in [7, 11) is -3.95. The highest BCUT2D eigenvalue weighted by Crippen LogP contribution is 2.36. The number of hydrogen-bond acceptors (Lipinski definition) is 3. The predicted octanol–water partition coefficient (Wildman–Crippen LogP) is 2.76. The minimum absolute atomic E-state index is 0. The number of nitrogens with one attached hydrogen (secondary N) is 1. The molecule has 0 bridgehead atoms. The van der Waals surface area contributed by atoms with Crippen molar-refractivity contribution in [3.05, 3.63) is 28.8 Å². The Bertz CT molecular complexity index is 615. The summed E-state index contributed by atoms with van der Waals surface area (Å²) in [5.74, 6) is 0. The molecule has 0 unspecified atom stereocenters. The van der Waals surface area contributed by atoms with Crippen LogP contribution in [-0.4, -0.2) is 38.9 Å². The monoisotopic (exact) mass is 378 g/mol. The molecule has 1 aromatic rings. The van der Waals surface area contributed by atoms with E-state index in [2.05, 4.69) is 5.32 Å². The molecule has 1 aliphatic rings. The van der Waals surface area contributed by atoms with Crippen LogP contribution in [0, 0.1) is 0 Å². The molecule has 0 radical (unpaired) electrons. The molecule has 0 amide bonds. The molecule has 126 valence electrons. The summed E-state index contributed by atoms with van der Waals surface area (Å²) in [5.41, 5.74) is -1.14. The van der Waals surface area contributed by atoms with E-state index in [4.69, 9.17) is 11.6 Å². The van der Waals surface area contributed by atoms with Crippen molar-refractivity contribution < 1.29 is 21.6 Å². The van der Waals surface area contributed by atoms with Crippen LogP contribution >= 0.6 is 24.0 Å². The molecule has 1 saturated heterocycles. The van der Waals surface area contributed by atoms with Crippen molar-refractivity contribution in [3.63, 3.8) is 0 Å². The van der Waals surface area contributed by atoms with E-state index in [1.807, 2.05) is 0 Å². The standard InChI is InChI=1S/C12H14ClF3N2O2S.ClH/c13-11-3-2-9(8-10(11)12(14,15)16)21(19,20)18-6-1-4-17-5-7-18;/h2-3,8,17H,1,4-7H2;1H. The first-order valence-electron chi connectivity index (χ1n) is 6.30. The van der Waals surface area contributed by atoms with Gasteiger partial charge < -0.3 is 5.32 Å². The SMILES string of the molecule is Cl.O=S(=O)(c1ccc(Cl)c(C(F)(F)F)c1)N1CCCNCC1. The van der Waals surface area contributed by atoms with Crippen LogP contribution in [0.15, 0.2) is 23.1 Å². The van der Waals surface area contributed by atoms with Gasteiger partial charge in [0.2, 0.25) is 10.0 Å². The van der Waals surface area contributed by atoms with Gasteiger partial charge in [0.1, 0.15) is 0 Å². The summed E-state index contributed by atoms with van der Waals surface area (Å²) >= 11 is 5.50. The number of benzene rings is 1. The third-order valence-electron chi connectivity index (χ3n) is 3.18. The molecular weight excluding hydrogens is 364 g/mol. The third kappa shape index (κ3) is 4.26. The summed E-state index contributed by atoms with van der Waals surface area (Å²) in [4.78, 5) is -0.388. The second kappa shape index (κ2) is 7.35. The summed E-state index contributed by atoms with van der Waals surface area (Å²) in [6.45, 7) is 1.66. The van der Waals surface area contributed by atoms with E-state index in [1.54, 1.807) is 0 Å². The third-order valence-corrected chi connectivity index (χ3v) is 5.40. The summed E-state index contributed by atoms with van der Waals surface area (Å²) in [5, 5.41) is 2.52. The lowest BCUT2D eigenvalue weighted by Gasteiger charge is -2.20. The Morgan fingerprint density at radius 2 is 1.86 bits per heavy atom. The van der Waals surface area contributed by atoms with Crippen LogP contribution < -0.4 is 5.32 Å². The molecule has 0 aliphatic carbocycles. The largest absolute Gasteiger partial charge is 0.417 e. The Labute approximate surface area is 138 Å². The number of rotatable bonds is 2. The molecule has 4 nitrogen and oxygen atoms in total. The first kappa shape index (κ1) is 19.5. The zero-order valence-electron chi connectivity index (χ0n) is 11.4. The second-order valence-corrected chi connectivity index (χ2v) is 6.99. The van der Waals surface area contributed by atoms with Crippen LogP contribution in [0.3, 0.4) is 0 Å². The number of alkyl halides is 3. The van der Waals surface area contributed by atoms with Gasteiger partial charge in [-0.05, 0) is 31.2 Å². The molecular formula is C12H15Cl2F3N2O2S. The molecule has 10 heteroatoms. The molecule has 1 aromatic carbocycles. The van der Waals surface area contributed by atoms with Crippen LogP contribution in [0.2, 0.25) is 5.02 Å². The van der Waals surface area contributed by atoms with Crippen molar-refractivity contribution in [1.29, 1.82) is 0 Å². The molecule has 0 saturated carbocycles. The van der Waals surface area contributed by atoms with Gasteiger partial charge in [-0.2, -0.15) is 17.5 Å². The van der Waals surface area contributed by atoms with E-state index in [-0.39, 0.29) is 30.4 Å². The molecule has 1 heterocycles. The Hall–Kier alpha value is -0.540. The van der Waals surface area contributed by atoms with Gasteiger partial charge in [0.15, 0.2) is 0 Å². The smallest absolute Gasteiger partial charge is 0.315 e. The van der Waals surface area contributed by atoms with Crippen molar-refractivity contribution in [1.82, 2.24) is 9.62 Å². The van der Waals surface area contributed by atoms with Crippen LogP contribution in [0.1, 0.15) is 12.0 Å². The Kier molecular flexibility index (Phi) is 6.52. The van der Waals surface area contributed by atoms with Gasteiger partial charge in [0.25, 0.3) is 0 Å². The van der Waals surface area contributed by atoms with E-state index in [0.717, 1.165) is 12.1 Å². The van der Waals surface area contributed by atoms with Gasteiger partial charge in [-0.1, -0.05) is 11.6 Å². The van der Waals surface area contributed by atoms with Crippen molar-refractivity contribution in [3.8, 4) is 0 Å². The Balaban J connectivity index is 0.00000242. The number of nitrogens with zero attached hydrogens (tertiary/aromatic N) is 1. The van der Waals surface area contributed by atoms with E-state index < -0.39 is 26.8 Å². The lowest BCUT2D eigenvalue weighted by atomic mass is 10.2. The molecule has 0 atom stereocenters. The van der Waals surface area contributed by atoms with E-state index in [0.29, 0.717) is 25.6 Å². The topological polar surface area (TPSA) is 49.4 Å². The van der Waals surface area contributed by atoms with Crippen LogP contribution in [0.5, 0.6) is 0 Å². The second-order valence-electron chi connectivity index (χ2n) is 4.65. The maximum absolute atomic E-state index is 12.8. The van der Waals surface area contributed by atoms with Crippen molar-refractivity contribution >= 4 is 34.0 Å². The van der Waals surface area contributed by atoms with Crippen molar-refractivity contribution in [2.24, 2.45) is 0 Å². The van der Waals surface area contributed by atoms with Gasteiger partial charge in [0, 0.05) is 19.6 Å². The zero-order valence-corrected chi connectivity index (χ0v) is 13.7. The fourth-order valence-electron chi connectivity index (χ4n) is 2.09. The van der Waals surface area contributed by atoms with Crippen LogP contribution in [0.4, 0.5) is 13.2 Å². The molecule has 1 N–H and O–H groups in total. The number of halogens is 5. The highest BCUT2D eigenvalue weighted by atomic mass is 35.5. The molecule has 22 heavy (non-hydrogen) atoms. The lowest BCUT2D eigenvalue weighted by molar-refractivity contribution is -0.137. The summed E-state index contributed by atoms with van der Waals surface area (Å²) < 4.78 is 64.5. The maximum atomic E-state index is 12.8. The average Bonchev–Trinajstić information content (AvgIpc) is 2.66. The minimum atomic E-state index is -4.69.